The summed E-state index contributed by atoms with van der Waals surface area (Å²) in [4.78, 5) is 46.4. The Morgan fingerprint density at radius 3 is 2.04 bits per heavy atom. The van der Waals surface area contributed by atoms with E-state index < -0.39 is 23.5 Å². The molecule has 0 aromatic heterocycles. The number of nitrogens with one attached hydrogen (secondary N) is 2. The number of hydrogen-bond donors (Lipinski definition) is 3. The van der Waals surface area contributed by atoms with E-state index in [1.165, 1.54) is 38.5 Å². The molecule has 5 aliphatic carbocycles. The molecule has 2 unspecified atom stereocenters. The summed E-state index contributed by atoms with van der Waals surface area (Å²) < 4.78 is 0. The van der Waals surface area contributed by atoms with Crippen LogP contribution < -0.4 is 10.6 Å². The van der Waals surface area contributed by atoms with Crippen LogP contribution in [0, 0.1) is 39.4 Å². The third-order valence-electron chi connectivity index (χ3n) is 15.3. The van der Waals surface area contributed by atoms with Gasteiger partial charge < -0.3 is 15.3 Å². The van der Waals surface area contributed by atoms with Gasteiger partial charge in [0.2, 0.25) is 11.8 Å². The van der Waals surface area contributed by atoms with E-state index in [9.17, 15) is 19.5 Å². The Labute approximate surface area is 277 Å². The lowest BCUT2D eigenvalue weighted by molar-refractivity contribution is -0.151. The van der Waals surface area contributed by atoms with Crippen LogP contribution in [0.25, 0.3) is 0 Å². The molecule has 2 heterocycles. The molecular formula is C38H62N4O4. The molecule has 7 rings (SSSR count). The summed E-state index contributed by atoms with van der Waals surface area (Å²) >= 11 is 0. The molecule has 258 valence electrons. The molecule has 7 atom stereocenters. The molecule has 2 saturated heterocycles. The van der Waals surface area contributed by atoms with E-state index in [0.717, 1.165) is 45.1 Å². The predicted octanol–water partition coefficient (Wildman–Crippen LogP) is 5.59. The number of likely N-dealkylation sites (tertiary alicyclic amines) is 2. The van der Waals surface area contributed by atoms with Gasteiger partial charge in [-0.3, -0.25) is 19.8 Å². The molecule has 2 amide bonds. The van der Waals surface area contributed by atoms with E-state index in [1.54, 1.807) is 4.90 Å². The number of carboxylic acids is 1. The van der Waals surface area contributed by atoms with E-state index in [-0.39, 0.29) is 45.6 Å². The van der Waals surface area contributed by atoms with Crippen molar-refractivity contribution in [2.75, 3.05) is 13.1 Å². The molecule has 7 aliphatic rings. The number of rotatable bonds is 9. The monoisotopic (exact) mass is 638 g/mol. The van der Waals surface area contributed by atoms with Crippen LogP contribution in [-0.2, 0) is 14.4 Å². The molecule has 0 aromatic carbocycles. The lowest BCUT2D eigenvalue weighted by Gasteiger charge is -2.48. The van der Waals surface area contributed by atoms with Gasteiger partial charge in [-0.1, -0.05) is 66.7 Å². The average Bonchev–Trinajstić information content (AvgIpc) is 3.90. The summed E-state index contributed by atoms with van der Waals surface area (Å²) in [5.74, 6) is 0.389. The number of carbonyl (C=O) groups excluding carboxylic acids is 2. The van der Waals surface area contributed by atoms with Gasteiger partial charge in [0.25, 0.3) is 0 Å². The third kappa shape index (κ3) is 4.60. The van der Waals surface area contributed by atoms with Gasteiger partial charge in [-0.25, -0.2) is 4.79 Å². The van der Waals surface area contributed by atoms with E-state index in [4.69, 9.17) is 0 Å². The first-order valence-corrected chi connectivity index (χ1v) is 19.0. The highest BCUT2D eigenvalue weighted by molar-refractivity contribution is 5.93. The van der Waals surface area contributed by atoms with Crippen molar-refractivity contribution in [2.45, 2.75) is 168 Å². The molecule has 46 heavy (non-hydrogen) atoms. The maximum atomic E-state index is 14.7. The first-order valence-electron chi connectivity index (χ1n) is 19.0. The first-order chi connectivity index (χ1) is 21.6. The van der Waals surface area contributed by atoms with Crippen LogP contribution in [0.2, 0.25) is 0 Å². The summed E-state index contributed by atoms with van der Waals surface area (Å²) in [6, 6.07) is -1.01. The van der Waals surface area contributed by atoms with Crippen molar-refractivity contribution in [3.8, 4) is 0 Å². The Morgan fingerprint density at radius 2 is 1.54 bits per heavy atom. The number of amides is 2. The third-order valence-corrected chi connectivity index (χ3v) is 15.3. The second-order valence-corrected chi connectivity index (χ2v) is 18.7. The van der Waals surface area contributed by atoms with Crippen molar-refractivity contribution < 1.29 is 19.5 Å². The molecule has 5 saturated carbocycles. The Balaban J connectivity index is 1.15. The van der Waals surface area contributed by atoms with E-state index in [1.807, 2.05) is 20.8 Å². The standard InChI is InChI=1S/C38H62N4O4/c1-23(2)41-19-12-11-16-28(41)38(25-20-26(25)38)40-29(24-14-9-8-10-15-24)31(43)39-30(34(3,4)5)32(44)42-22-37(21-27(42)33(45)46)35(6,7)36(37)17-13-18-36/h23-30,40H,8-22H2,1-7H3,(H,39,43)(H,45,46)/t25?,26?,27-,28-,29-,30+,37+,38?/m0/s1. The molecule has 0 aromatic rings. The number of nitrogens with zero attached hydrogens (tertiary/aromatic N) is 2. The highest BCUT2D eigenvalue weighted by Crippen LogP contribution is 2.88. The van der Waals surface area contributed by atoms with Crippen LogP contribution in [0.5, 0.6) is 0 Å². The molecule has 0 bridgehead atoms. The van der Waals surface area contributed by atoms with E-state index >= 15 is 0 Å². The lowest BCUT2D eigenvalue weighted by Crippen LogP contribution is -2.66. The van der Waals surface area contributed by atoms with Crippen molar-refractivity contribution in [2.24, 2.45) is 39.4 Å². The Hall–Kier alpha value is -1.67. The Kier molecular flexibility index (Phi) is 7.80. The maximum absolute atomic E-state index is 14.7. The van der Waals surface area contributed by atoms with Gasteiger partial charge in [0, 0.05) is 29.6 Å². The second-order valence-electron chi connectivity index (χ2n) is 18.7. The summed E-state index contributed by atoms with van der Waals surface area (Å²) in [6.07, 6.45) is 14.5. The van der Waals surface area contributed by atoms with Gasteiger partial charge in [0.1, 0.15) is 12.1 Å². The van der Waals surface area contributed by atoms with Crippen molar-refractivity contribution in [1.29, 1.82) is 0 Å². The van der Waals surface area contributed by atoms with Crippen LogP contribution in [0.15, 0.2) is 0 Å². The number of carboxylic acid groups (broad SMARTS) is 1. The van der Waals surface area contributed by atoms with Crippen LogP contribution >= 0.6 is 0 Å². The Bertz CT molecular complexity index is 1240. The van der Waals surface area contributed by atoms with E-state index in [0.29, 0.717) is 36.9 Å². The molecule has 8 heteroatoms. The molecule has 2 aliphatic heterocycles. The summed E-state index contributed by atoms with van der Waals surface area (Å²) in [5.41, 5.74) is -0.512. The molecule has 3 N–H and O–H groups in total. The zero-order valence-electron chi connectivity index (χ0n) is 29.8. The number of hydrogen-bond acceptors (Lipinski definition) is 5. The number of aliphatic carboxylic acids is 1. The van der Waals surface area contributed by atoms with Gasteiger partial charge in [0.05, 0.1) is 6.04 Å². The minimum Gasteiger partial charge on any atom is -0.480 e. The van der Waals surface area contributed by atoms with Gasteiger partial charge in [0.15, 0.2) is 0 Å². The van der Waals surface area contributed by atoms with Crippen molar-refractivity contribution in [3.63, 3.8) is 0 Å². The van der Waals surface area contributed by atoms with Gasteiger partial charge in [-0.05, 0) is 106 Å². The summed E-state index contributed by atoms with van der Waals surface area (Å²) in [7, 11) is 0. The molecular weight excluding hydrogens is 576 g/mol. The molecule has 8 nitrogen and oxygen atoms in total. The zero-order chi connectivity index (χ0) is 33.0. The second kappa shape index (κ2) is 10.9. The van der Waals surface area contributed by atoms with Crippen molar-refractivity contribution >= 4 is 17.8 Å². The lowest BCUT2D eigenvalue weighted by atomic mass is 9.73. The SMILES string of the molecule is CC(C)N1CCCC[C@H]1C1(N[C@H](C(=O)N[C@H](C(=O)N2C[C@]3(C[C@H]2C(=O)O)C(C)(C)C32CCC2)C(C)(C)C)C2CCCCC2)C2CC21. The van der Waals surface area contributed by atoms with Crippen LogP contribution in [0.4, 0.5) is 0 Å². The fraction of sp³-hybridized carbons (Fsp3) is 0.921. The molecule has 0 radical (unpaired) electrons. The molecule has 2 spiro atoms. The maximum Gasteiger partial charge on any atom is 0.326 e. The van der Waals surface area contributed by atoms with Crippen LogP contribution in [0.3, 0.4) is 0 Å². The van der Waals surface area contributed by atoms with E-state index in [2.05, 4.69) is 43.2 Å². The van der Waals surface area contributed by atoms with Crippen LogP contribution in [0.1, 0.15) is 132 Å². The number of piperidine rings is 1. The van der Waals surface area contributed by atoms with Crippen molar-refractivity contribution in [3.05, 3.63) is 0 Å². The fourth-order valence-electron chi connectivity index (χ4n) is 12.1. The van der Waals surface area contributed by atoms with Crippen molar-refractivity contribution in [1.82, 2.24) is 20.4 Å². The fourth-order valence-corrected chi connectivity index (χ4v) is 12.1. The topological polar surface area (TPSA) is 102 Å². The predicted molar refractivity (Wildman–Crippen MR) is 179 cm³/mol. The van der Waals surface area contributed by atoms with Gasteiger partial charge >= 0.3 is 5.97 Å². The Morgan fingerprint density at radius 1 is 0.891 bits per heavy atom. The smallest absolute Gasteiger partial charge is 0.326 e. The highest BCUT2D eigenvalue weighted by atomic mass is 16.4. The van der Waals surface area contributed by atoms with Gasteiger partial charge in [-0.15, -0.1) is 0 Å². The largest absolute Gasteiger partial charge is 0.480 e. The molecule has 7 fully saturated rings. The van der Waals surface area contributed by atoms with Crippen LogP contribution in [-0.4, -0.2) is 81.5 Å². The minimum absolute atomic E-state index is 0.00969. The number of fused-ring (bicyclic) bond motifs is 2. The summed E-state index contributed by atoms with van der Waals surface area (Å²) in [6.45, 7) is 16.8. The van der Waals surface area contributed by atoms with Gasteiger partial charge in [-0.2, -0.15) is 0 Å². The normalized spacial score (nSPS) is 39.1. The number of carbonyl (C=O) groups is 3. The minimum atomic E-state index is -0.916. The highest BCUT2D eigenvalue weighted by Gasteiger charge is 2.85. The zero-order valence-corrected chi connectivity index (χ0v) is 29.8. The first kappa shape index (κ1) is 32.9. The average molecular weight is 639 g/mol. The summed E-state index contributed by atoms with van der Waals surface area (Å²) in [5, 5.41) is 17.8. The quantitative estimate of drug-likeness (QED) is 0.305.